The van der Waals surface area contributed by atoms with Crippen LogP contribution in [0.2, 0.25) is 0 Å². The summed E-state index contributed by atoms with van der Waals surface area (Å²) in [4.78, 5) is 15.2. The molecule has 0 bridgehead atoms. The molecule has 1 saturated heterocycles. The van der Waals surface area contributed by atoms with Gasteiger partial charge in [0.1, 0.15) is 0 Å². The van der Waals surface area contributed by atoms with Crippen LogP contribution in [-0.2, 0) is 14.8 Å². The first-order valence-electron chi connectivity index (χ1n) is 10.4. The van der Waals surface area contributed by atoms with E-state index in [1.165, 1.54) is 29.6 Å². The van der Waals surface area contributed by atoms with E-state index < -0.39 is 10.0 Å². The van der Waals surface area contributed by atoms with Gasteiger partial charge in [-0.25, -0.2) is 8.42 Å². The average Bonchev–Trinajstić information content (AvgIpc) is 2.75. The van der Waals surface area contributed by atoms with E-state index in [0.29, 0.717) is 31.9 Å². The Bertz CT molecular complexity index is 798. The molecule has 1 aliphatic carbocycles. The number of rotatable bonds is 8. The van der Waals surface area contributed by atoms with E-state index in [1.54, 1.807) is 18.2 Å². The molecule has 1 N–H and O–H groups in total. The van der Waals surface area contributed by atoms with E-state index >= 15 is 0 Å². The zero-order valence-corrected chi connectivity index (χ0v) is 18.3. The normalized spacial score (nSPS) is 20.7. The highest BCUT2D eigenvalue weighted by Gasteiger charge is 2.34. The average molecular weight is 424 g/mol. The first kappa shape index (κ1) is 22.4. The van der Waals surface area contributed by atoms with Gasteiger partial charge in [0.25, 0.3) is 0 Å². The summed E-state index contributed by atoms with van der Waals surface area (Å²) < 4.78 is 32.3. The van der Waals surface area contributed by atoms with Gasteiger partial charge in [0.15, 0.2) is 5.78 Å². The number of morpholine rings is 1. The minimum Gasteiger partial charge on any atom is -0.379 e. The standard InChI is InChI=1S/C21H33N3O4S/c1-23(2)21(9-4-3-5-10-21)17-22-16-20(25)18-7-6-8-19(15-18)29(26,27)24-11-13-28-14-12-24/h6-8,15,22H,3-5,9-14,16-17H2,1-2H3. The molecule has 0 spiro atoms. The molecule has 0 aromatic heterocycles. The van der Waals surface area contributed by atoms with Gasteiger partial charge >= 0.3 is 0 Å². The summed E-state index contributed by atoms with van der Waals surface area (Å²) in [5, 5.41) is 3.33. The Kier molecular flexibility index (Phi) is 7.45. The summed E-state index contributed by atoms with van der Waals surface area (Å²) >= 11 is 0. The van der Waals surface area contributed by atoms with E-state index in [9.17, 15) is 13.2 Å². The lowest BCUT2D eigenvalue weighted by atomic mass is 9.80. The Morgan fingerprint density at radius 1 is 1.17 bits per heavy atom. The smallest absolute Gasteiger partial charge is 0.243 e. The van der Waals surface area contributed by atoms with Gasteiger partial charge in [0.05, 0.1) is 24.7 Å². The molecule has 29 heavy (non-hydrogen) atoms. The van der Waals surface area contributed by atoms with Crippen LogP contribution in [-0.4, -0.2) is 82.4 Å². The topological polar surface area (TPSA) is 79.0 Å². The zero-order chi connectivity index (χ0) is 20.9. The number of carbonyl (C=O) groups excluding carboxylic acids is 1. The Labute approximate surface area is 174 Å². The molecule has 1 aliphatic heterocycles. The number of ketones is 1. The first-order chi connectivity index (χ1) is 13.8. The second-order valence-corrected chi connectivity index (χ2v) is 10.2. The van der Waals surface area contributed by atoms with Crippen molar-refractivity contribution in [2.75, 3.05) is 53.5 Å². The first-order valence-corrected chi connectivity index (χ1v) is 11.9. The summed E-state index contributed by atoms with van der Waals surface area (Å²) in [6.07, 6.45) is 5.98. The number of hydrogen-bond acceptors (Lipinski definition) is 6. The van der Waals surface area contributed by atoms with Crippen molar-refractivity contribution in [2.45, 2.75) is 42.5 Å². The van der Waals surface area contributed by atoms with Crippen molar-refractivity contribution < 1.29 is 17.9 Å². The maximum Gasteiger partial charge on any atom is 0.243 e. The summed E-state index contributed by atoms with van der Waals surface area (Å²) in [7, 11) is 0.609. The Morgan fingerprint density at radius 3 is 2.52 bits per heavy atom. The van der Waals surface area contributed by atoms with Gasteiger partial charge in [-0.2, -0.15) is 4.31 Å². The van der Waals surface area contributed by atoms with Crippen LogP contribution in [0.25, 0.3) is 0 Å². The van der Waals surface area contributed by atoms with Crippen molar-refractivity contribution in [2.24, 2.45) is 0 Å². The summed E-state index contributed by atoms with van der Waals surface area (Å²) in [5.41, 5.74) is 0.523. The molecule has 1 heterocycles. The van der Waals surface area contributed by atoms with Gasteiger partial charge in [-0.1, -0.05) is 31.4 Å². The number of nitrogens with zero attached hydrogens (tertiary/aromatic N) is 2. The van der Waals surface area contributed by atoms with Crippen LogP contribution in [0, 0.1) is 0 Å². The van der Waals surface area contributed by atoms with Crippen molar-refractivity contribution in [1.82, 2.24) is 14.5 Å². The molecule has 2 aliphatic rings. The van der Waals surface area contributed by atoms with Crippen molar-refractivity contribution in [3.8, 4) is 0 Å². The maximum absolute atomic E-state index is 12.8. The van der Waals surface area contributed by atoms with Crippen LogP contribution in [0.4, 0.5) is 0 Å². The van der Waals surface area contributed by atoms with Gasteiger partial charge in [-0.3, -0.25) is 4.79 Å². The molecule has 0 radical (unpaired) electrons. The third-order valence-electron chi connectivity index (χ3n) is 6.24. The predicted octanol–water partition coefficient (Wildman–Crippen LogP) is 1.74. The lowest BCUT2D eigenvalue weighted by Crippen LogP contribution is -2.53. The summed E-state index contributed by atoms with van der Waals surface area (Å²) in [6.45, 7) is 2.45. The van der Waals surface area contributed by atoms with E-state index in [-0.39, 0.29) is 22.8 Å². The number of nitrogens with one attached hydrogen (secondary N) is 1. The second kappa shape index (κ2) is 9.66. The largest absolute Gasteiger partial charge is 0.379 e. The van der Waals surface area contributed by atoms with Crippen LogP contribution in [0.15, 0.2) is 29.2 Å². The van der Waals surface area contributed by atoms with Crippen molar-refractivity contribution in [3.63, 3.8) is 0 Å². The van der Waals surface area contributed by atoms with Crippen LogP contribution < -0.4 is 5.32 Å². The van der Waals surface area contributed by atoms with Gasteiger partial charge in [0, 0.05) is 30.7 Å². The maximum atomic E-state index is 12.8. The van der Waals surface area contributed by atoms with Crippen molar-refractivity contribution in [3.05, 3.63) is 29.8 Å². The fourth-order valence-corrected chi connectivity index (χ4v) is 5.72. The van der Waals surface area contributed by atoms with Crippen LogP contribution in [0.1, 0.15) is 42.5 Å². The Morgan fingerprint density at radius 2 is 1.86 bits per heavy atom. The number of sulfonamides is 1. The molecular weight excluding hydrogens is 390 g/mol. The molecule has 0 amide bonds. The van der Waals surface area contributed by atoms with Crippen LogP contribution in [0.5, 0.6) is 0 Å². The van der Waals surface area contributed by atoms with Gasteiger partial charge < -0.3 is 15.0 Å². The highest BCUT2D eigenvalue weighted by Crippen LogP contribution is 2.31. The van der Waals surface area contributed by atoms with Crippen molar-refractivity contribution >= 4 is 15.8 Å². The molecule has 1 aromatic rings. The van der Waals surface area contributed by atoms with E-state index in [1.807, 2.05) is 0 Å². The molecule has 0 unspecified atom stereocenters. The fraction of sp³-hybridized carbons (Fsp3) is 0.667. The molecule has 7 nitrogen and oxygen atoms in total. The minimum absolute atomic E-state index is 0.0891. The lowest BCUT2D eigenvalue weighted by molar-refractivity contribution is 0.0730. The molecule has 1 saturated carbocycles. The molecule has 162 valence electrons. The Balaban J connectivity index is 1.63. The van der Waals surface area contributed by atoms with E-state index in [4.69, 9.17) is 4.74 Å². The molecule has 3 rings (SSSR count). The van der Waals surface area contributed by atoms with Crippen LogP contribution >= 0.6 is 0 Å². The van der Waals surface area contributed by atoms with Gasteiger partial charge in [-0.05, 0) is 39.1 Å². The molecule has 1 aromatic carbocycles. The molecule has 8 heteroatoms. The molecular formula is C21H33N3O4S. The predicted molar refractivity (Wildman–Crippen MR) is 113 cm³/mol. The van der Waals surface area contributed by atoms with Gasteiger partial charge in [0.2, 0.25) is 10.0 Å². The zero-order valence-electron chi connectivity index (χ0n) is 17.5. The van der Waals surface area contributed by atoms with Gasteiger partial charge in [-0.15, -0.1) is 0 Å². The van der Waals surface area contributed by atoms with Crippen molar-refractivity contribution in [1.29, 1.82) is 0 Å². The highest BCUT2D eigenvalue weighted by molar-refractivity contribution is 7.89. The summed E-state index contributed by atoms with van der Waals surface area (Å²) in [6, 6.07) is 6.38. The molecule has 0 atom stereocenters. The monoisotopic (exact) mass is 423 g/mol. The number of Topliss-reactive ketones (excluding diaryl/α,β-unsaturated/α-hetero) is 1. The highest BCUT2D eigenvalue weighted by atomic mass is 32.2. The number of carbonyl (C=O) groups is 1. The minimum atomic E-state index is -3.60. The summed E-state index contributed by atoms with van der Waals surface area (Å²) in [5.74, 6) is -0.0891. The fourth-order valence-electron chi connectivity index (χ4n) is 4.27. The SMILES string of the molecule is CN(C)C1(CNCC(=O)c2cccc(S(=O)(=O)N3CCOCC3)c2)CCCCC1. The number of hydrogen-bond donors (Lipinski definition) is 1. The third-order valence-corrected chi connectivity index (χ3v) is 8.13. The van der Waals surface area contributed by atoms with E-state index in [0.717, 1.165) is 19.4 Å². The van der Waals surface area contributed by atoms with Crippen LogP contribution in [0.3, 0.4) is 0 Å². The third kappa shape index (κ3) is 5.24. The molecule has 2 fully saturated rings. The number of likely N-dealkylation sites (N-methyl/N-ethyl adjacent to an activating group) is 1. The second-order valence-electron chi connectivity index (χ2n) is 8.25. The number of benzene rings is 1. The lowest BCUT2D eigenvalue weighted by Gasteiger charge is -2.43. The van der Waals surface area contributed by atoms with E-state index in [2.05, 4.69) is 24.3 Å². The Hall–Kier alpha value is -1.32. The quantitative estimate of drug-likeness (QED) is 0.642. The number of ether oxygens (including phenoxy) is 1.